The molecule has 1 fully saturated rings. The first kappa shape index (κ1) is 11.2. The normalized spacial score (nSPS) is 22.1. The molecule has 1 aliphatic rings. The lowest BCUT2D eigenvalue weighted by atomic mass is 10.0. The highest BCUT2D eigenvalue weighted by Crippen LogP contribution is 2.14. The van der Waals surface area contributed by atoms with Gasteiger partial charge in [0.25, 0.3) is 0 Å². The van der Waals surface area contributed by atoms with Gasteiger partial charge in [0.05, 0.1) is 6.54 Å². The van der Waals surface area contributed by atoms with Crippen molar-refractivity contribution >= 4 is 5.91 Å². The topological polar surface area (TPSA) is 32.3 Å². The molecule has 1 amide bonds. The fourth-order valence-corrected chi connectivity index (χ4v) is 1.81. The third kappa shape index (κ3) is 3.50. The molecule has 80 valence electrons. The Labute approximate surface area is 86.2 Å². The first-order valence-corrected chi connectivity index (χ1v) is 5.33. The van der Waals surface area contributed by atoms with Crippen LogP contribution in [-0.4, -0.2) is 37.0 Å². The molecule has 3 nitrogen and oxygen atoms in total. The van der Waals surface area contributed by atoms with Gasteiger partial charge in [0.1, 0.15) is 0 Å². The summed E-state index contributed by atoms with van der Waals surface area (Å²) < 4.78 is 0. The molecular formula is C11H20N2O. The molecule has 1 rings (SSSR count). The SMILES string of the molecule is C=CCNCC(=O)N1CCCC(C)C1. The van der Waals surface area contributed by atoms with Gasteiger partial charge in [-0.25, -0.2) is 0 Å². The van der Waals surface area contributed by atoms with Crippen LogP contribution in [0.5, 0.6) is 0 Å². The van der Waals surface area contributed by atoms with Crippen molar-refractivity contribution in [3.63, 3.8) is 0 Å². The van der Waals surface area contributed by atoms with Gasteiger partial charge in [-0.05, 0) is 18.8 Å². The van der Waals surface area contributed by atoms with Gasteiger partial charge in [-0.15, -0.1) is 6.58 Å². The molecule has 14 heavy (non-hydrogen) atoms. The third-order valence-electron chi connectivity index (χ3n) is 2.57. The van der Waals surface area contributed by atoms with Crippen molar-refractivity contribution < 1.29 is 4.79 Å². The summed E-state index contributed by atoms with van der Waals surface area (Å²) in [4.78, 5) is 13.6. The van der Waals surface area contributed by atoms with Gasteiger partial charge in [0.2, 0.25) is 5.91 Å². The van der Waals surface area contributed by atoms with Gasteiger partial charge in [-0.1, -0.05) is 13.0 Å². The lowest BCUT2D eigenvalue weighted by molar-refractivity contribution is -0.131. The number of amides is 1. The average Bonchev–Trinajstić information content (AvgIpc) is 2.18. The number of carbonyl (C=O) groups excluding carboxylic acids is 1. The van der Waals surface area contributed by atoms with Crippen LogP contribution >= 0.6 is 0 Å². The number of hydrogen-bond acceptors (Lipinski definition) is 2. The van der Waals surface area contributed by atoms with E-state index >= 15 is 0 Å². The second-order valence-electron chi connectivity index (χ2n) is 4.01. The third-order valence-corrected chi connectivity index (χ3v) is 2.57. The van der Waals surface area contributed by atoms with Crippen molar-refractivity contribution in [1.29, 1.82) is 0 Å². The summed E-state index contributed by atoms with van der Waals surface area (Å²) in [5.41, 5.74) is 0. The smallest absolute Gasteiger partial charge is 0.236 e. The van der Waals surface area contributed by atoms with Crippen LogP contribution in [0.4, 0.5) is 0 Å². The number of likely N-dealkylation sites (tertiary alicyclic amines) is 1. The van der Waals surface area contributed by atoms with E-state index < -0.39 is 0 Å². The van der Waals surface area contributed by atoms with Crippen LogP contribution < -0.4 is 5.32 Å². The minimum absolute atomic E-state index is 0.221. The Morgan fingerprint density at radius 3 is 3.14 bits per heavy atom. The molecule has 0 bridgehead atoms. The molecule has 0 aromatic carbocycles. The summed E-state index contributed by atoms with van der Waals surface area (Å²) in [6.45, 7) is 8.80. The molecule has 0 aliphatic carbocycles. The lowest BCUT2D eigenvalue weighted by Crippen LogP contribution is -2.43. The number of carbonyl (C=O) groups is 1. The molecule has 3 heteroatoms. The van der Waals surface area contributed by atoms with Gasteiger partial charge in [-0.2, -0.15) is 0 Å². The van der Waals surface area contributed by atoms with Crippen LogP contribution in [0.1, 0.15) is 19.8 Å². The van der Waals surface area contributed by atoms with Crippen LogP contribution in [0.3, 0.4) is 0 Å². The van der Waals surface area contributed by atoms with Crippen molar-refractivity contribution in [2.75, 3.05) is 26.2 Å². The highest BCUT2D eigenvalue weighted by molar-refractivity contribution is 5.78. The highest BCUT2D eigenvalue weighted by Gasteiger charge is 2.19. The molecule has 1 heterocycles. The van der Waals surface area contributed by atoms with Crippen LogP contribution in [0.25, 0.3) is 0 Å². The van der Waals surface area contributed by atoms with E-state index in [1.807, 2.05) is 4.90 Å². The maximum atomic E-state index is 11.6. The molecular weight excluding hydrogens is 176 g/mol. The van der Waals surface area contributed by atoms with E-state index in [0.29, 0.717) is 19.0 Å². The van der Waals surface area contributed by atoms with Crippen molar-refractivity contribution in [3.05, 3.63) is 12.7 Å². The predicted molar refractivity (Wildman–Crippen MR) is 58.0 cm³/mol. The minimum atomic E-state index is 0.221. The largest absolute Gasteiger partial charge is 0.341 e. The molecule has 0 aromatic heterocycles. The molecule has 1 aliphatic heterocycles. The molecule has 0 aromatic rings. The molecule has 1 N–H and O–H groups in total. The Bertz CT molecular complexity index is 203. The summed E-state index contributed by atoms with van der Waals surface area (Å²) in [6, 6.07) is 0. The standard InChI is InChI=1S/C11H20N2O/c1-3-6-12-8-11(14)13-7-4-5-10(2)9-13/h3,10,12H,1,4-9H2,2H3. The number of piperidine rings is 1. The molecule has 0 saturated carbocycles. The number of hydrogen-bond donors (Lipinski definition) is 1. The summed E-state index contributed by atoms with van der Waals surface area (Å²) >= 11 is 0. The van der Waals surface area contributed by atoms with Crippen molar-refractivity contribution in [1.82, 2.24) is 10.2 Å². The summed E-state index contributed by atoms with van der Waals surface area (Å²) in [6.07, 6.45) is 4.17. The summed E-state index contributed by atoms with van der Waals surface area (Å²) in [5, 5.41) is 3.04. The van der Waals surface area contributed by atoms with Crippen molar-refractivity contribution in [2.24, 2.45) is 5.92 Å². The first-order chi connectivity index (χ1) is 6.74. The van der Waals surface area contributed by atoms with Crippen LogP contribution in [-0.2, 0) is 4.79 Å². The van der Waals surface area contributed by atoms with Crippen molar-refractivity contribution in [3.8, 4) is 0 Å². The zero-order chi connectivity index (χ0) is 10.4. The highest BCUT2D eigenvalue weighted by atomic mass is 16.2. The Hall–Kier alpha value is -0.830. The van der Waals surface area contributed by atoms with E-state index in [1.165, 1.54) is 6.42 Å². The fourth-order valence-electron chi connectivity index (χ4n) is 1.81. The van der Waals surface area contributed by atoms with Gasteiger partial charge < -0.3 is 10.2 Å². The van der Waals surface area contributed by atoms with E-state index in [2.05, 4.69) is 18.8 Å². The van der Waals surface area contributed by atoms with Crippen LogP contribution in [0.2, 0.25) is 0 Å². The van der Waals surface area contributed by atoms with Crippen molar-refractivity contribution in [2.45, 2.75) is 19.8 Å². The Morgan fingerprint density at radius 2 is 2.50 bits per heavy atom. The quantitative estimate of drug-likeness (QED) is 0.538. The molecule has 0 spiro atoms. The molecule has 0 radical (unpaired) electrons. The van der Waals surface area contributed by atoms with E-state index in [-0.39, 0.29) is 5.91 Å². The molecule has 1 unspecified atom stereocenters. The molecule has 1 atom stereocenters. The monoisotopic (exact) mass is 196 g/mol. The Kier molecular flexibility index (Phi) is 4.66. The zero-order valence-electron chi connectivity index (χ0n) is 8.96. The maximum Gasteiger partial charge on any atom is 0.236 e. The number of nitrogens with zero attached hydrogens (tertiary/aromatic N) is 1. The summed E-state index contributed by atoms with van der Waals surface area (Å²) in [7, 11) is 0. The van der Waals surface area contributed by atoms with E-state index in [0.717, 1.165) is 19.5 Å². The first-order valence-electron chi connectivity index (χ1n) is 5.33. The van der Waals surface area contributed by atoms with E-state index in [9.17, 15) is 4.79 Å². The average molecular weight is 196 g/mol. The predicted octanol–water partition coefficient (Wildman–Crippen LogP) is 1.02. The van der Waals surface area contributed by atoms with Gasteiger partial charge >= 0.3 is 0 Å². The maximum absolute atomic E-state index is 11.6. The second kappa shape index (κ2) is 5.81. The Balaban J connectivity index is 2.25. The number of nitrogens with one attached hydrogen (secondary N) is 1. The minimum Gasteiger partial charge on any atom is -0.341 e. The van der Waals surface area contributed by atoms with Crippen LogP contribution in [0, 0.1) is 5.92 Å². The summed E-state index contributed by atoms with van der Waals surface area (Å²) in [5.74, 6) is 0.880. The van der Waals surface area contributed by atoms with Crippen LogP contribution in [0.15, 0.2) is 12.7 Å². The van der Waals surface area contributed by atoms with Gasteiger partial charge in [0, 0.05) is 19.6 Å². The fraction of sp³-hybridized carbons (Fsp3) is 0.727. The second-order valence-corrected chi connectivity index (χ2v) is 4.01. The van der Waals surface area contributed by atoms with E-state index in [1.54, 1.807) is 6.08 Å². The zero-order valence-corrected chi connectivity index (χ0v) is 8.96. The van der Waals surface area contributed by atoms with Gasteiger partial charge in [0.15, 0.2) is 0 Å². The lowest BCUT2D eigenvalue weighted by Gasteiger charge is -2.31. The van der Waals surface area contributed by atoms with Gasteiger partial charge in [-0.3, -0.25) is 4.79 Å². The Morgan fingerprint density at radius 1 is 1.71 bits per heavy atom. The number of rotatable bonds is 4. The van der Waals surface area contributed by atoms with E-state index in [4.69, 9.17) is 0 Å². The molecule has 1 saturated heterocycles.